The van der Waals surface area contributed by atoms with Gasteiger partial charge in [0.1, 0.15) is 0 Å². The zero-order valence-electron chi connectivity index (χ0n) is 11.1. The molecule has 0 aliphatic carbocycles. The predicted octanol–water partition coefficient (Wildman–Crippen LogP) is 0.778. The number of carboxylic acid groups (broad SMARTS) is 2. The van der Waals surface area contributed by atoms with Crippen molar-refractivity contribution in [3.05, 3.63) is 47.8 Å². The van der Waals surface area contributed by atoms with Gasteiger partial charge in [0.2, 0.25) is 0 Å². The summed E-state index contributed by atoms with van der Waals surface area (Å²) < 4.78 is 0. The maximum atomic E-state index is 10.8. The van der Waals surface area contributed by atoms with Gasteiger partial charge < -0.3 is 10.2 Å². The van der Waals surface area contributed by atoms with Gasteiger partial charge in [0.25, 0.3) is 0 Å². The minimum atomic E-state index is -1.08. The van der Waals surface area contributed by atoms with Crippen LogP contribution < -0.4 is 0 Å². The number of nitrogens with zero attached hydrogens (tertiary/aromatic N) is 2. The second-order valence-corrected chi connectivity index (χ2v) is 3.47. The fourth-order valence-corrected chi connectivity index (χ4v) is 1.41. The SMILES string of the molecule is O=C(O)c1ccnc(-c2cc(C(=O)O)ccn2)c1.[Na].[Na]. The molecule has 2 heterocycles. The van der Waals surface area contributed by atoms with Gasteiger partial charge >= 0.3 is 11.9 Å². The number of hydrogen-bond donors (Lipinski definition) is 2. The van der Waals surface area contributed by atoms with E-state index in [1.165, 1.54) is 36.7 Å². The molecule has 2 N–H and O–H groups in total. The van der Waals surface area contributed by atoms with Gasteiger partial charge in [-0.05, 0) is 24.3 Å². The van der Waals surface area contributed by atoms with E-state index < -0.39 is 11.9 Å². The van der Waals surface area contributed by atoms with Crippen LogP contribution in [0.4, 0.5) is 0 Å². The molecule has 2 aromatic rings. The van der Waals surface area contributed by atoms with Crippen LogP contribution in [0.1, 0.15) is 20.7 Å². The smallest absolute Gasteiger partial charge is 0.335 e. The van der Waals surface area contributed by atoms with Crippen LogP contribution in [0.5, 0.6) is 0 Å². The summed E-state index contributed by atoms with van der Waals surface area (Å²) in [5.74, 6) is -2.15. The van der Waals surface area contributed by atoms with Crippen molar-refractivity contribution in [2.24, 2.45) is 0 Å². The summed E-state index contributed by atoms with van der Waals surface area (Å²) in [6.45, 7) is 0. The number of carboxylic acids is 2. The summed E-state index contributed by atoms with van der Waals surface area (Å²) in [5, 5.41) is 17.7. The monoisotopic (exact) mass is 290 g/mol. The zero-order chi connectivity index (χ0) is 13.1. The molecule has 8 heteroatoms. The van der Waals surface area contributed by atoms with Crippen molar-refractivity contribution in [1.29, 1.82) is 0 Å². The molecule has 20 heavy (non-hydrogen) atoms. The summed E-state index contributed by atoms with van der Waals surface area (Å²) in [4.78, 5) is 29.6. The first-order chi connectivity index (χ1) is 8.58. The minimum absolute atomic E-state index is 0. The largest absolute Gasteiger partial charge is 0.478 e. The van der Waals surface area contributed by atoms with E-state index in [0.29, 0.717) is 11.4 Å². The Bertz CT molecular complexity index is 579. The van der Waals surface area contributed by atoms with Crippen molar-refractivity contribution in [3.8, 4) is 11.4 Å². The van der Waals surface area contributed by atoms with E-state index in [1.807, 2.05) is 0 Å². The van der Waals surface area contributed by atoms with Crippen molar-refractivity contribution >= 4 is 71.1 Å². The Labute approximate surface area is 158 Å². The molecular weight excluding hydrogens is 282 g/mol. The van der Waals surface area contributed by atoms with Crippen LogP contribution in [0.25, 0.3) is 11.4 Å². The summed E-state index contributed by atoms with van der Waals surface area (Å²) >= 11 is 0. The Kier molecular flexibility index (Phi) is 8.19. The average Bonchev–Trinajstić information content (AvgIpc) is 2.39. The number of rotatable bonds is 3. The van der Waals surface area contributed by atoms with E-state index in [1.54, 1.807) is 0 Å². The van der Waals surface area contributed by atoms with E-state index >= 15 is 0 Å². The fourth-order valence-electron chi connectivity index (χ4n) is 1.41. The number of hydrogen-bond acceptors (Lipinski definition) is 4. The number of aromatic carboxylic acids is 2. The molecule has 0 atom stereocenters. The van der Waals surface area contributed by atoms with Crippen molar-refractivity contribution < 1.29 is 19.8 Å². The Morgan fingerprint density at radius 3 is 1.45 bits per heavy atom. The summed E-state index contributed by atoms with van der Waals surface area (Å²) in [6.07, 6.45) is 2.68. The molecule has 0 fully saturated rings. The van der Waals surface area contributed by atoms with Crippen molar-refractivity contribution in [3.63, 3.8) is 0 Å². The van der Waals surface area contributed by atoms with Crippen LogP contribution >= 0.6 is 0 Å². The second kappa shape index (κ2) is 8.51. The van der Waals surface area contributed by atoms with Crippen LogP contribution in [-0.4, -0.2) is 91.2 Å². The van der Waals surface area contributed by atoms with Crippen molar-refractivity contribution in [2.75, 3.05) is 0 Å². The molecule has 6 nitrogen and oxygen atoms in total. The maximum absolute atomic E-state index is 10.8. The second-order valence-electron chi connectivity index (χ2n) is 3.47. The average molecular weight is 290 g/mol. The fraction of sp³-hybridized carbons (Fsp3) is 0. The molecule has 92 valence electrons. The van der Waals surface area contributed by atoms with Gasteiger partial charge in [-0.1, -0.05) is 0 Å². The molecule has 0 bridgehead atoms. The molecule has 0 aliphatic heterocycles. The summed E-state index contributed by atoms with van der Waals surface area (Å²) in [6, 6.07) is 5.40. The molecule has 0 saturated carbocycles. The minimum Gasteiger partial charge on any atom is -0.478 e. The Balaban J connectivity index is 0.00000180. The van der Waals surface area contributed by atoms with Crippen LogP contribution in [0.15, 0.2) is 36.7 Å². The van der Waals surface area contributed by atoms with E-state index in [9.17, 15) is 9.59 Å². The van der Waals surface area contributed by atoms with Crippen LogP contribution in [0.2, 0.25) is 0 Å². The van der Waals surface area contributed by atoms with Crippen molar-refractivity contribution in [2.45, 2.75) is 0 Å². The molecule has 0 amide bonds. The Hall–Kier alpha value is -0.760. The topological polar surface area (TPSA) is 100 Å². The first kappa shape index (κ1) is 19.2. The van der Waals surface area contributed by atoms with Crippen LogP contribution in [0, 0.1) is 0 Å². The zero-order valence-corrected chi connectivity index (χ0v) is 15.1. The van der Waals surface area contributed by atoms with Gasteiger partial charge in [-0.15, -0.1) is 0 Å². The molecule has 0 aliphatic rings. The molecule has 0 saturated heterocycles. The van der Waals surface area contributed by atoms with Crippen LogP contribution in [0.3, 0.4) is 0 Å². The van der Waals surface area contributed by atoms with E-state index in [0.717, 1.165) is 0 Å². The molecule has 2 rings (SSSR count). The Morgan fingerprint density at radius 2 is 1.15 bits per heavy atom. The molecule has 0 spiro atoms. The van der Waals surface area contributed by atoms with Gasteiger partial charge in [0, 0.05) is 71.5 Å². The van der Waals surface area contributed by atoms with Gasteiger partial charge in [-0.2, -0.15) is 0 Å². The molecule has 2 aromatic heterocycles. The van der Waals surface area contributed by atoms with E-state index in [2.05, 4.69) is 9.97 Å². The maximum Gasteiger partial charge on any atom is 0.335 e. The Morgan fingerprint density at radius 1 is 0.800 bits per heavy atom. The van der Waals surface area contributed by atoms with Crippen molar-refractivity contribution in [1.82, 2.24) is 9.97 Å². The third-order valence-corrected chi connectivity index (χ3v) is 2.28. The summed E-state index contributed by atoms with van der Waals surface area (Å²) in [7, 11) is 0. The van der Waals surface area contributed by atoms with Gasteiger partial charge in [-0.3, -0.25) is 9.97 Å². The third kappa shape index (κ3) is 4.66. The number of aromatic nitrogens is 2. The van der Waals surface area contributed by atoms with E-state index in [-0.39, 0.29) is 70.2 Å². The van der Waals surface area contributed by atoms with Gasteiger partial charge in [0.15, 0.2) is 0 Å². The predicted molar refractivity (Wildman–Crippen MR) is 72.9 cm³/mol. The van der Waals surface area contributed by atoms with Gasteiger partial charge in [-0.25, -0.2) is 9.59 Å². The first-order valence-electron chi connectivity index (χ1n) is 4.97. The van der Waals surface area contributed by atoms with Gasteiger partial charge in [0.05, 0.1) is 22.5 Å². The molecule has 0 unspecified atom stereocenters. The van der Waals surface area contributed by atoms with Crippen LogP contribution in [-0.2, 0) is 0 Å². The first-order valence-corrected chi connectivity index (χ1v) is 4.97. The number of pyridine rings is 2. The summed E-state index contributed by atoms with van der Waals surface area (Å²) in [5.41, 5.74) is 0.779. The molecule has 2 radical (unpaired) electrons. The standard InChI is InChI=1S/C12H8N2O4.2Na/c15-11(16)7-1-3-13-9(5-7)10-6-8(12(17)18)2-4-14-10;;/h1-6H,(H,15,16)(H,17,18);;. The molecule has 0 aromatic carbocycles. The number of carbonyl (C=O) groups is 2. The van der Waals surface area contributed by atoms with E-state index in [4.69, 9.17) is 10.2 Å². The normalized spacial score (nSPS) is 9.00. The molecular formula is C12H8N2Na2O4. The third-order valence-electron chi connectivity index (χ3n) is 2.28. The quantitative estimate of drug-likeness (QED) is 0.810.